The van der Waals surface area contributed by atoms with Gasteiger partial charge in [0.05, 0.1) is 0 Å². The van der Waals surface area contributed by atoms with Crippen LogP contribution in [0, 0.1) is 0 Å². The van der Waals surface area contributed by atoms with Crippen molar-refractivity contribution in [2.75, 3.05) is 0 Å². The normalized spacial score (nSPS) is 13.9. The monoisotopic (exact) mass is 269 g/mol. The van der Waals surface area contributed by atoms with E-state index in [0.717, 1.165) is 18.4 Å². The van der Waals surface area contributed by atoms with Gasteiger partial charge in [0, 0.05) is 17.6 Å². The molecule has 0 saturated heterocycles. The average molecular weight is 269 g/mol. The zero-order valence-electron chi connectivity index (χ0n) is 12.2. The highest BCUT2D eigenvalue weighted by molar-refractivity contribution is 5.35. The topological polar surface area (TPSA) is 32.3 Å². The average Bonchev–Trinajstić information content (AvgIpc) is 2.48. The summed E-state index contributed by atoms with van der Waals surface area (Å²) in [5, 5.41) is 13.7. The Labute approximate surface area is 121 Å². The summed E-state index contributed by atoms with van der Waals surface area (Å²) in [6.45, 7) is 4.33. The van der Waals surface area contributed by atoms with Crippen molar-refractivity contribution in [2.24, 2.45) is 0 Å². The lowest BCUT2D eigenvalue weighted by molar-refractivity contribution is 0.409. The van der Waals surface area contributed by atoms with Gasteiger partial charge in [-0.15, -0.1) is 0 Å². The van der Waals surface area contributed by atoms with Crippen LogP contribution in [0.3, 0.4) is 0 Å². The molecule has 0 fully saturated rings. The Bertz CT molecular complexity index is 524. The van der Waals surface area contributed by atoms with Crippen molar-refractivity contribution >= 4 is 0 Å². The number of rotatable bonds is 6. The zero-order chi connectivity index (χ0) is 14.4. The fourth-order valence-corrected chi connectivity index (χ4v) is 2.54. The minimum absolute atomic E-state index is 0.177. The summed E-state index contributed by atoms with van der Waals surface area (Å²) in [5.41, 5.74) is 2.25. The Morgan fingerprint density at radius 1 is 1.00 bits per heavy atom. The van der Waals surface area contributed by atoms with E-state index in [1.54, 1.807) is 6.07 Å². The zero-order valence-corrected chi connectivity index (χ0v) is 12.2. The lowest BCUT2D eigenvalue weighted by Gasteiger charge is -2.24. The summed E-state index contributed by atoms with van der Waals surface area (Å²) in [6, 6.07) is 18.4. The third-order valence-corrected chi connectivity index (χ3v) is 3.64. The van der Waals surface area contributed by atoms with Crippen LogP contribution in [0.25, 0.3) is 0 Å². The first-order valence-electron chi connectivity index (χ1n) is 7.31. The van der Waals surface area contributed by atoms with Crippen LogP contribution in [0.1, 0.15) is 49.9 Å². The van der Waals surface area contributed by atoms with E-state index < -0.39 is 0 Å². The van der Waals surface area contributed by atoms with E-state index in [4.69, 9.17) is 0 Å². The van der Waals surface area contributed by atoms with Crippen molar-refractivity contribution in [1.82, 2.24) is 5.32 Å². The molecular formula is C18H23NO. The molecule has 0 aliphatic heterocycles. The Morgan fingerprint density at radius 3 is 2.30 bits per heavy atom. The number of aromatic hydroxyl groups is 1. The SMILES string of the molecule is CCC[C@@H](N[C@H](C)c1ccccc1)c1ccccc1O. The van der Waals surface area contributed by atoms with Gasteiger partial charge < -0.3 is 10.4 Å². The van der Waals surface area contributed by atoms with Crippen LogP contribution in [0.15, 0.2) is 54.6 Å². The van der Waals surface area contributed by atoms with Crippen LogP contribution in [0.2, 0.25) is 0 Å². The molecule has 0 spiro atoms. The van der Waals surface area contributed by atoms with E-state index in [2.05, 4.69) is 43.4 Å². The lowest BCUT2D eigenvalue weighted by atomic mass is 9.99. The van der Waals surface area contributed by atoms with Crippen molar-refractivity contribution in [2.45, 2.75) is 38.8 Å². The number of nitrogens with one attached hydrogen (secondary N) is 1. The fourth-order valence-electron chi connectivity index (χ4n) is 2.54. The first kappa shape index (κ1) is 14.6. The van der Waals surface area contributed by atoms with Gasteiger partial charge in [0.1, 0.15) is 5.75 Å². The predicted molar refractivity (Wildman–Crippen MR) is 83.7 cm³/mol. The molecule has 2 aromatic carbocycles. The summed E-state index contributed by atoms with van der Waals surface area (Å²) in [6.07, 6.45) is 2.09. The molecule has 0 saturated carbocycles. The quantitative estimate of drug-likeness (QED) is 0.804. The van der Waals surface area contributed by atoms with Gasteiger partial charge in [-0.2, -0.15) is 0 Å². The Hall–Kier alpha value is -1.80. The maximum absolute atomic E-state index is 10.1. The molecule has 0 aliphatic carbocycles. The minimum Gasteiger partial charge on any atom is -0.508 e. The van der Waals surface area contributed by atoms with Crippen LogP contribution >= 0.6 is 0 Å². The van der Waals surface area contributed by atoms with Crippen LogP contribution < -0.4 is 5.32 Å². The highest BCUT2D eigenvalue weighted by Crippen LogP contribution is 2.29. The van der Waals surface area contributed by atoms with E-state index >= 15 is 0 Å². The van der Waals surface area contributed by atoms with Crippen molar-refractivity contribution < 1.29 is 5.11 Å². The first-order chi connectivity index (χ1) is 9.72. The maximum atomic E-state index is 10.1. The van der Waals surface area contributed by atoms with Gasteiger partial charge in [-0.25, -0.2) is 0 Å². The summed E-state index contributed by atoms with van der Waals surface area (Å²) in [4.78, 5) is 0. The molecule has 2 heteroatoms. The van der Waals surface area contributed by atoms with Gasteiger partial charge in [-0.3, -0.25) is 0 Å². The Kier molecular flexibility index (Phi) is 5.19. The molecule has 2 N–H and O–H groups in total. The highest BCUT2D eigenvalue weighted by Gasteiger charge is 2.17. The predicted octanol–water partition coefficient (Wildman–Crippen LogP) is 4.58. The summed E-state index contributed by atoms with van der Waals surface area (Å²) < 4.78 is 0. The van der Waals surface area contributed by atoms with Gasteiger partial charge in [0.25, 0.3) is 0 Å². The fraction of sp³-hybridized carbons (Fsp3) is 0.333. The summed E-state index contributed by atoms with van der Waals surface area (Å²) in [5.74, 6) is 0.374. The molecule has 0 bridgehead atoms. The molecule has 2 aromatic rings. The molecular weight excluding hydrogens is 246 g/mol. The maximum Gasteiger partial charge on any atom is 0.120 e. The molecule has 20 heavy (non-hydrogen) atoms. The van der Waals surface area contributed by atoms with E-state index in [9.17, 15) is 5.11 Å². The second-order valence-electron chi connectivity index (χ2n) is 5.20. The molecule has 0 radical (unpaired) electrons. The lowest BCUT2D eigenvalue weighted by Crippen LogP contribution is -2.24. The largest absolute Gasteiger partial charge is 0.508 e. The minimum atomic E-state index is 0.177. The van der Waals surface area contributed by atoms with Gasteiger partial charge in [-0.1, -0.05) is 61.9 Å². The highest BCUT2D eigenvalue weighted by atomic mass is 16.3. The third kappa shape index (κ3) is 3.61. The molecule has 2 nitrogen and oxygen atoms in total. The summed E-state index contributed by atoms with van der Waals surface area (Å²) >= 11 is 0. The molecule has 106 valence electrons. The number of hydrogen-bond acceptors (Lipinski definition) is 2. The van der Waals surface area contributed by atoms with Crippen LogP contribution in [0.5, 0.6) is 5.75 Å². The Balaban J connectivity index is 2.16. The van der Waals surface area contributed by atoms with E-state index in [1.165, 1.54) is 5.56 Å². The Morgan fingerprint density at radius 2 is 1.65 bits per heavy atom. The number of benzene rings is 2. The van der Waals surface area contributed by atoms with Crippen molar-refractivity contribution in [3.05, 3.63) is 65.7 Å². The number of phenols is 1. The van der Waals surface area contributed by atoms with Crippen LogP contribution in [-0.4, -0.2) is 5.11 Å². The van der Waals surface area contributed by atoms with Gasteiger partial charge in [0.15, 0.2) is 0 Å². The number of para-hydroxylation sites is 1. The van der Waals surface area contributed by atoms with E-state index in [-0.39, 0.29) is 12.1 Å². The molecule has 0 aliphatic rings. The molecule has 0 heterocycles. The third-order valence-electron chi connectivity index (χ3n) is 3.64. The van der Waals surface area contributed by atoms with Gasteiger partial charge in [-0.05, 0) is 25.0 Å². The second kappa shape index (κ2) is 7.11. The van der Waals surface area contributed by atoms with Gasteiger partial charge in [0.2, 0.25) is 0 Å². The molecule has 2 rings (SSSR count). The standard InChI is InChI=1S/C18H23NO/c1-3-9-17(16-12-7-8-13-18(16)20)19-14(2)15-10-5-4-6-11-15/h4-8,10-14,17,19-20H,3,9H2,1-2H3/t14-,17-/m1/s1. The first-order valence-corrected chi connectivity index (χ1v) is 7.31. The molecule has 2 atom stereocenters. The van der Waals surface area contributed by atoms with Crippen molar-refractivity contribution in [1.29, 1.82) is 0 Å². The van der Waals surface area contributed by atoms with Crippen molar-refractivity contribution in [3.8, 4) is 5.75 Å². The van der Waals surface area contributed by atoms with Crippen LogP contribution in [-0.2, 0) is 0 Å². The molecule has 0 amide bonds. The molecule has 0 aromatic heterocycles. The smallest absolute Gasteiger partial charge is 0.120 e. The number of phenolic OH excluding ortho intramolecular Hbond substituents is 1. The van der Waals surface area contributed by atoms with Gasteiger partial charge >= 0.3 is 0 Å². The summed E-state index contributed by atoms with van der Waals surface area (Å²) in [7, 11) is 0. The second-order valence-corrected chi connectivity index (χ2v) is 5.20. The molecule has 0 unspecified atom stereocenters. The van der Waals surface area contributed by atoms with Crippen molar-refractivity contribution in [3.63, 3.8) is 0 Å². The number of hydrogen-bond donors (Lipinski definition) is 2. The van der Waals surface area contributed by atoms with E-state index in [0.29, 0.717) is 5.75 Å². The van der Waals surface area contributed by atoms with E-state index in [1.807, 2.05) is 24.3 Å². The van der Waals surface area contributed by atoms with Crippen LogP contribution in [0.4, 0.5) is 0 Å².